The Hall–Kier alpha value is -1.58. The summed E-state index contributed by atoms with van der Waals surface area (Å²) in [6.07, 6.45) is 1.95. The second-order valence-corrected chi connectivity index (χ2v) is 4.31. The highest BCUT2D eigenvalue weighted by Crippen LogP contribution is 2.38. The van der Waals surface area contributed by atoms with Crippen LogP contribution in [0.2, 0.25) is 0 Å². The van der Waals surface area contributed by atoms with Gasteiger partial charge >= 0.3 is 0 Å². The molecule has 0 bridgehead atoms. The molecule has 0 saturated carbocycles. The van der Waals surface area contributed by atoms with Gasteiger partial charge in [0.05, 0.1) is 0 Å². The fourth-order valence-electron chi connectivity index (χ4n) is 1.82. The number of hydrogen-bond donors (Lipinski definition) is 1. The standard InChI is InChI=1S/C11H14N2O2/c1-6-5-11(3,4)15-10-8(6)9(14)12-7(2)13-10/h5H,1-4H3,(H,12,13,14). The van der Waals surface area contributed by atoms with E-state index < -0.39 is 0 Å². The summed E-state index contributed by atoms with van der Waals surface area (Å²) in [5.74, 6) is 0.962. The topological polar surface area (TPSA) is 55.2 Å². The normalized spacial score (nSPS) is 17.7. The molecule has 1 aliphatic heterocycles. The number of aryl methyl sites for hydroxylation is 1. The van der Waals surface area contributed by atoms with Crippen LogP contribution in [0.5, 0.6) is 11.8 Å². The van der Waals surface area contributed by atoms with Gasteiger partial charge in [-0.25, -0.2) is 0 Å². The highest BCUT2D eigenvalue weighted by molar-refractivity contribution is 5.73. The molecule has 0 aromatic carbocycles. The van der Waals surface area contributed by atoms with E-state index in [2.05, 4.69) is 9.97 Å². The Kier molecular flexibility index (Phi) is 1.96. The molecule has 0 unspecified atom stereocenters. The molecule has 1 aliphatic rings. The second-order valence-electron chi connectivity index (χ2n) is 4.31. The number of allylic oxidation sites excluding steroid dienone is 1. The number of hydrogen-bond acceptors (Lipinski definition) is 4. The summed E-state index contributed by atoms with van der Waals surface area (Å²) in [6.45, 7) is 7.55. The van der Waals surface area contributed by atoms with Crippen molar-refractivity contribution in [2.45, 2.75) is 33.3 Å². The van der Waals surface area contributed by atoms with E-state index >= 15 is 0 Å². The zero-order valence-electron chi connectivity index (χ0n) is 9.33. The Morgan fingerprint density at radius 3 is 2.60 bits per heavy atom. The van der Waals surface area contributed by atoms with Crippen molar-refractivity contribution in [2.75, 3.05) is 0 Å². The average Bonchev–Trinajstić information content (AvgIpc) is 1.97. The van der Waals surface area contributed by atoms with E-state index in [-0.39, 0.29) is 11.5 Å². The molecule has 1 aromatic rings. The Bertz CT molecular complexity index is 450. The zero-order valence-corrected chi connectivity index (χ0v) is 9.33. The van der Waals surface area contributed by atoms with Crippen LogP contribution in [0.3, 0.4) is 0 Å². The van der Waals surface area contributed by atoms with Crippen molar-refractivity contribution in [2.24, 2.45) is 0 Å². The third-order valence-electron chi connectivity index (χ3n) is 2.29. The summed E-state index contributed by atoms with van der Waals surface area (Å²) < 4.78 is 5.66. The Balaban J connectivity index is 2.65. The maximum absolute atomic E-state index is 9.71. The van der Waals surface area contributed by atoms with Crippen LogP contribution in [0.4, 0.5) is 0 Å². The van der Waals surface area contributed by atoms with Crippen LogP contribution in [-0.2, 0) is 0 Å². The summed E-state index contributed by atoms with van der Waals surface area (Å²) in [7, 11) is 0. The largest absolute Gasteiger partial charge is 0.493 e. The van der Waals surface area contributed by atoms with Crippen molar-refractivity contribution in [3.8, 4) is 11.8 Å². The minimum Gasteiger partial charge on any atom is -0.493 e. The van der Waals surface area contributed by atoms with Gasteiger partial charge in [0.2, 0.25) is 11.8 Å². The summed E-state index contributed by atoms with van der Waals surface area (Å²) in [6, 6.07) is 0. The Morgan fingerprint density at radius 2 is 1.93 bits per heavy atom. The van der Waals surface area contributed by atoms with Gasteiger partial charge in [-0.1, -0.05) is 0 Å². The molecular formula is C11H14N2O2. The fourth-order valence-corrected chi connectivity index (χ4v) is 1.82. The third-order valence-corrected chi connectivity index (χ3v) is 2.29. The van der Waals surface area contributed by atoms with E-state index in [0.29, 0.717) is 17.3 Å². The molecule has 0 amide bonds. The summed E-state index contributed by atoms with van der Waals surface area (Å²) in [4.78, 5) is 8.10. The van der Waals surface area contributed by atoms with Crippen LogP contribution >= 0.6 is 0 Å². The van der Waals surface area contributed by atoms with Gasteiger partial charge in [-0.15, -0.1) is 0 Å². The van der Waals surface area contributed by atoms with Gasteiger partial charge in [0.1, 0.15) is 17.0 Å². The molecule has 80 valence electrons. The molecule has 0 fully saturated rings. The highest BCUT2D eigenvalue weighted by Gasteiger charge is 2.28. The molecular weight excluding hydrogens is 192 g/mol. The van der Waals surface area contributed by atoms with Crippen LogP contribution in [0.1, 0.15) is 32.2 Å². The first kappa shape index (κ1) is 9.96. The SMILES string of the molecule is CC1=CC(C)(C)Oc2nc(C)nc(O)c21. The number of aromatic hydroxyl groups is 1. The van der Waals surface area contributed by atoms with Crippen LogP contribution < -0.4 is 4.74 Å². The van der Waals surface area contributed by atoms with Gasteiger partial charge in [0.25, 0.3) is 0 Å². The predicted molar refractivity (Wildman–Crippen MR) is 56.8 cm³/mol. The van der Waals surface area contributed by atoms with Crippen LogP contribution in [0.15, 0.2) is 6.08 Å². The average molecular weight is 206 g/mol. The molecule has 2 rings (SSSR count). The van der Waals surface area contributed by atoms with E-state index in [1.807, 2.05) is 26.8 Å². The minimum absolute atomic E-state index is 0.0123. The van der Waals surface area contributed by atoms with Crippen molar-refractivity contribution >= 4 is 5.57 Å². The molecule has 2 heterocycles. The van der Waals surface area contributed by atoms with Gasteiger partial charge < -0.3 is 9.84 Å². The molecule has 15 heavy (non-hydrogen) atoms. The lowest BCUT2D eigenvalue weighted by molar-refractivity contribution is 0.148. The Labute approximate surface area is 88.6 Å². The van der Waals surface area contributed by atoms with Crippen LogP contribution in [0.25, 0.3) is 5.57 Å². The first-order valence-electron chi connectivity index (χ1n) is 4.85. The van der Waals surface area contributed by atoms with E-state index in [0.717, 1.165) is 5.57 Å². The first-order valence-corrected chi connectivity index (χ1v) is 4.85. The monoisotopic (exact) mass is 206 g/mol. The molecule has 0 spiro atoms. The first-order chi connectivity index (χ1) is 6.89. The van der Waals surface area contributed by atoms with Gasteiger partial charge in [0.15, 0.2) is 0 Å². The lowest BCUT2D eigenvalue weighted by Crippen LogP contribution is -2.29. The molecule has 1 N–H and O–H groups in total. The minimum atomic E-state index is -0.385. The number of nitrogens with zero attached hydrogens (tertiary/aromatic N) is 2. The summed E-state index contributed by atoms with van der Waals surface area (Å²) in [5.41, 5.74) is 1.16. The van der Waals surface area contributed by atoms with Crippen molar-refractivity contribution in [1.29, 1.82) is 0 Å². The van der Waals surface area contributed by atoms with Crippen LogP contribution in [-0.4, -0.2) is 20.7 Å². The molecule has 4 heteroatoms. The van der Waals surface area contributed by atoms with E-state index in [4.69, 9.17) is 4.74 Å². The van der Waals surface area contributed by atoms with Gasteiger partial charge in [-0.2, -0.15) is 9.97 Å². The molecule has 0 saturated heterocycles. The number of fused-ring (bicyclic) bond motifs is 1. The number of rotatable bonds is 0. The van der Waals surface area contributed by atoms with Crippen molar-refractivity contribution < 1.29 is 9.84 Å². The van der Waals surface area contributed by atoms with Gasteiger partial charge in [-0.3, -0.25) is 0 Å². The predicted octanol–water partition coefficient (Wildman–Crippen LogP) is 2.06. The third kappa shape index (κ3) is 1.67. The maximum atomic E-state index is 9.71. The summed E-state index contributed by atoms with van der Waals surface area (Å²) >= 11 is 0. The van der Waals surface area contributed by atoms with E-state index in [1.165, 1.54) is 0 Å². The number of aromatic nitrogens is 2. The lowest BCUT2D eigenvalue weighted by atomic mass is 9.98. The van der Waals surface area contributed by atoms with Gasteiger partial charge in [0, 0.05) is 0 Å². The molecule has 4 nitrogen and oxygen atoms in total. The molecule has 1 aromatic heterocycles. The zero-order chi connectivity index (χ0) is 11.2. The lowest BCUT2D eigenvalue weighted by Gasteiger charge is -2.29. The molecule has 0 aliphatic carbocycles. The number of ether oxygens (including phenoxy) is 1. The van der Waals surface area contributed by atoms with Crippen LogP contribution in [0, 0.1) is 6.92 Å². The Morgan fingerprint density at radius 1 is 1.27 bits per heavy atom. The fraction of sp³-hybridized carbons (Fsp3) is 0.455. The summed E-state index contributed by atoms with van der Waals surface area (Å²) in [5, 5.41) is 9.71. The van der Waals surface area contributed by atoms with E-state index in [9.17, 15) is 5.11 Å². The highest BCUT2D eigenvalue weighted by atomic mass is 16.5. The van der Waals surface area contributed by atoms with Crippen molar-refractivity contribution in [3.63, 3.8) is 0 Å². The van der Waals surface area contributed by atoms with Crippen molar-refractivity contribution in [1.82, 2.24) is 9.97 Å². The smallest absolute Gasteiger partial charge is 0.229 e. The van der Waals surface area contributed by atoms with Gasteiger partial charge in [-0.05, 0) is 39.3 Å². The second kappa shape index (κ2) is 2.95. The maximum Gasteiger partial charge on any atom is 0.229 e. The van der Waals surface area contributed by atoms with E-state index in [1.54, 1.807) is 6.92 Å². The molecule has 0 atom stereocenters. The quantitative estimate of drug-likeness (QED) is 0.706. The van der Waals surface area contributed by atoms with Crippen molar-refractivity contribution in [3.05, 3.63) is 17.5 Å². The molecule has 0 radical (unpaired) electrons.